The van der Waals surface area contributed by atoms with Crippen LogP contribution in [0.1, 0.15) is 11.1 Å². The van der Waals surface area contributed by atoms with E-state index in [0.717, 1.165) is 35.1 Å². The Labute approximate surface area is 189 Å². The minimum absolute atomic E-state index is 0.0349. The largest absolute Gasteiger partial charge is 0.492 e. The number of amides is 1. The topological polar surface area (TPSA) is 83.1 Å². The molecule has 7 bridgehead atoms. The summed E-state index contributed by atoms with van der Waals surface area (Å²) in [6, 6.07) is 12.8. The zero-order chi connectivity index (χ0) is 22.4. The SMILES string of the molecule is O=C1CN2CCc3ccc(cc3C2)-c2n[nH]c3cnc(cc23)-c2cc(ccc2F)OCCN1. The van der Waals surface area contributed by atoms with Gasteiger partial charge in [0, 0.05) is 29.6 Å². The first-order chi connectivity index (χ1) is 16.1. The molecule has 2 aliphatic rings. The second-order valence-electron chi connectivity index (χ2n) is 8.47. The van der Waals surface area contributed by atoms with Crippen LogP contribution in [0.15, 0.2) is 48.7 Å². The van der Waals surface area contributed by atoms with Gasteiger partial charge in [-0.1, -0.05) is 12.1 Å². The van der Waals surface area contributed by atoms with Gasteiger partial charge in [0.2, 0.25) is 5.91 Å². The lowest BCUT2D eigenvalue weighted by molar-refractivity contribution is -0.122. The van der Waals surface area contributed by atoms with Crippen molar-refractivity contribution in [1.29, 1.82) is 0 Å². The molecule has 8 heteroatoms. The van der Waals surface area contributed by atoms with Gasteiger partial charge in [0.15, 0.2) is 0 Å². The molecule has 2 aliphatic heterocycles. The number of aromatic amines is 1. The summed E-state index contributed by atoms with van der Waals surface area (Å²) < 4.78 is 20.5. The van der Waals surface area contributed by atoms with Gasteiger partial charge >= 0.3 is 0 Å². The number of hydrogen-bond donors (Lipinski definition) is 2. The molecule has 0 radical (unpaired) electrons. The zero-order valence-electron chi connectivity index (χ0n) is 17.9. The maximum Gasteiger partial charge on any atom is 0.234 e. The molecule has 4 heterocycles. The highest BCUT2D eigenvalue weighted by Crippen LogP contribution is 2.33. The highest BCUT2D eigenvalue weighted by molar-refractivity contribution is 5.94. The number of hydrogen-bond acceptors (Lipinski definition) is 5. The van der Waals surface area contributed by atoms with E-state index in [2.05, 4.69) is 43.6 Å². The lowest BCUT2D eigenvalue weighted by atomic mass is 9.95. The first-order valence-corrected chi connectivity index (χ1v) is 11.0. The van der Waals surface area contributed by atoms with Crippen molar-refractivity contribution in [2.24, 2.45) is 0 Å². The van der Waals surface area contributed by atoms with E-state index in [-0.39, 0.29) is 11.7 Å². The maximum atomic E-state index is 14.7. The molecule has 0 saturated heterocycles. The number of nitrogens with one attached hydrogen (secondary N) is 2. The highest BCUT2D eigenvalue weighted by Gasteiger charge is 2.20. The second kappa shape index (κ2) is 7.97. The fraction of sp³-hybridized carbons (Fsp3) is 0.240. The third kappa shape index (κ3) is 3.72. The average molecular weight is 443 g/mol. The minimum atomic E-state index is -0.379. The number of H-pyrrole nitrogens is 1. The quantitative estimate of drug-likeness (QED) is 0.436. The van der Waals surface area contributed by atoms with Crippen LogP contribution in [0.3, 0.4) is 0 Å². The van der Waals surface area contributed by atoms with Crippen LogP contribution in [0.5, 0.6) is 5.75 Å². The molecule has 2 aromatic heterocycles. The fourth-order valence-electron chi connectivity index (χ4n) is 4.59. The molecule has 166 valence electrons. The molecule has 1 atom stereocenters. The van der Waals surface area contributed by atoms with Crippen LogP contribution in [-0.4, -0.2) is 52.2 Å². The summed E-state index contributed by atoms with van der Waals surface area (Å²) >= 11 is 0. The van der Waals surface area contributed by atoms with Crippen LogP contribution in [-0.2, 0) is 17.8 Å². The standard InChI is InChI=1S/C25H22FN5O2/c26-21-4-3-18-10-19(21)22-11-20-23(12-28-22)29-30-25(20)16-2-1-15-5-7-31(13-17(15)9-16)14-24(32)27-6-8-33-18/h1-4,9-12H,5-8,13-14H2,(H,27,32)(H,29,30). The number of pyridine rings is 1. The Balaban J connectivity index is 1.49. The van der Waals surface area contributed by atoms with Gasteiger partial charge in [-0.05, 0) is 47.9 Å². The van der Waals surface area contributed by atoms with Crippen LogP contribution in [0.2, 0.25) is 0 Å². The summed E-state index contributed by atoms with van der Waals surface area (Å²) in [7, 11) is 0. The van der Waals surface area contributed by atoms with Crippen LogP contribution < -0.4 is 10.1 Å². The summed E-state index contributed by atoms with van der Waals surface area (Å²) in [4.78, 5) is 19.0. The van der Waals surface area contributed by atoms with Crippen molar-refractivity contribution in [3.05, 3.63) is 65.6 Å². The van der Waals surface area contributed by atoms with Gasteiger partial charge < -0.3 is 10.1 Å². The smallest absolute Gasteiger partial charge is 0.234 e. The first kappa shape index (κ1) is 19.9. The molecule has 1 unspecified atom stereocenters. The molecule has 4 aromatic rings. The van der Waals surface area contributed by atoms with E-state index in [9.17, 15) is 9.18 Å². The molecule has 0 saturated carbocycles. The Bertz CT molecular complexity index is 1380. The number of ether oxygens (including phenoxy) is 1. The van der Waals surface area contributed by atoms with E-state index < -0.39 is 0 Å². The minimum Gasteiger partial charge on any atom is -0.492 e. The lowest BCUT2D eigenvalue weighted by Crippen LogP contribution is -2.41. The van der Waals surface area contributed by atoms with Gasteiger partial charge in [-0.3, -0.25) is 19.8 Å². The Morgan fingerprint density at radius 1 is 1.06 bits per heavy atom. The van der Waals surface area contributed by atoms with Gasteiger partial charge in [0.05, 0.1) is 30.5 Å². The predicted molar refractivity (Wildman–Crippen MR) is 122 cm³/mol. The molecule has 1 amide bonds. The normalized spacial score (nSPS) is 18.0. The fourth-order valence-corrected chi connectivity index (χ4v) is 4.59. The number of fused-ring (bicyclic) bond motifs is 7. The van der Waals surface area contributed by atoms with Crippen molar-refractivity contribution >= 4 is 16.8 Å². The van der Waals surface area contributed by atoms with E-state index in [0.29, 0.717) is 43.2 Å². The van der Waals surface area contributed by atoms with Crippen LogP contribution >= 0.6 is 0 Å². The van der Waals surface area contributed by atoms with Crippen LogP contribution in [0.4, 0.5) is 4.39 Å². The van der Waals surface area contributed by atoms with Gasteiger partial charge in [-0.15, -0.1) is 0 Å². The Hall–Kier alpha value is -3.78. The summed E-state index contributed by atoms with van der Waals surface area (Å²) in [5.74, 6) is 0.107. The maximum absolute atomic E-state index is 14.7. The predicted octanol–water partition coefficient (Wildman–Crippen LogP) is 3.30. The number of carbonyl (C=O) groups is 1. The number of rotatable bonds is 0. The molecule has 33 heavy (non-hydrogen) atoms. The van der Waals surface area contributed by atoms with Crippen molar-refractivity contribution in [1.82, 2.24) is 25.4 Å². The average Bonchev–Trinajstić information content (AvgIpc) is 3.25. The van der Waals surface area contributed by atoms with Crippen LogP contribution in [0, 0.1) is 5.82 Å². The molecular formula is C25H22FN5O2. The summed E-state index contributed by atoms with van der Waals surface area (Å²) in [6.45, 7) is 2.56. The number of benzene rings is 2. The second-order valence-corrected chi connectivity index (χ2v) is 8.47. The zero-order valence-corrected chi connectivity index (χ0v) is 17.9. The van der Waals surface area contributed by atoms with E-state index >= 15 is 0 Å². The van der Waals surface area contributed by atoms with Crippen molar-refractivity contribution in [3.8, 4) is 28.3 Å². The molecule has 0 fully saturated rings. The third-order valence-corrected chi connectivity index (χ3v) is 6.29. The summed E-state index contributed by atoms with van der Waals surface area (Å²) in [6.07, 6.45) is 2.58. The lowest BCUT2D eigenvalue weighted by Gasteiger charge is -2.28. The van der Waals surface area contributed by atoms with Gasteiger partial charge in [0.1, 0.15) is 23.9 Å². The van der Waals surface area contributed by atoms with Gasteiger partial charge in [0.25, 0.3) is 0 Å². The van der Waals surface area contributed by atoms with E-state index in [1.807, 2.05) is 6.07 Å². The molecule has 2 aromatic carbocycles. The molecule has 0 spiro atoms. The van der Waals surface area contributed by atoms with E-state index in [1.54, 1.807) is 18.3 Å². The van der Waals surface area contributed by atoms with Gasteiger partial charge in [-0.2, -0.15) is 5.10 Å². The molecule has 2 N–H and O–H groups in total. The number of carbonyl (C=O) groups excluding carboxylic acids is 1. The summed E-state index contributed by atoms with van der Waals surface area (Å²) in [5, 5.41) is 11.4. The Morgan fingerprint density at radius 3 is 2.94 bits per heavy atom. The number of halogens is 1. The number of nitrogens with zero attached hydrogens (tertiary/aromatic N) is 3. The Morgan fingerprint density at radius 2 is 2.00 bits per heavy atom. The first-order valence-electron chi connectivity index (χ1n) is 11.0. The number of aromatic nitrogens is 3. The van der Waals surface area contributed by atoms with Crippen LogP contribution in [0.25, 0.3) is 33.4 Å². The van der Waals surface area contributed by atoms with Crippen molar-refractivity contribution in [3.63, 3.8) is 0 Å². The molecule has 7 nitrogen and oxygen atoms in total. The molecular weight excluding hydrogens is 421 g/mol. The monoisotopic (exact) mass is 443 g/mol. The van der Waals surface area contributed by atoms with Crippen molar-refractivity contribution in [2.75, 3.05) is 26.2 Å². The highest BCUT2D eigenvalue weighted by atomic mass is 19.1. The van der Waals surface area contributed by atoms with Crippen molar-refractivity contribution in [2.45, 2.75) is 13.0 Å². The molecule has 6 rings (SSSR count). The van der Waals surface area contributed by atoms with Crippen molar-refractivity contribution < 1.29 is 13.9 Å². The molecule has 0 aliphatic carbocycles. The summed E-state index contributed by atoms with van der Waals surface area (Å²) in [5.41, 5.74) is 5.90. The van der Waals surface area contributed by atoms with E-state index in [1.165, 1.54) is 17.2 Å². The third-order valence-electron chi connectivity index (χ3n) is 6.29. The van der Waals surface area contributed by atoms with E-state index in [4.69, 9.17) is 4.74 Å². The Kier molecular flexibility index (Phi) is 4.80. The van der Waals surface area contributed by atoms with Gasteiger partial charge in [-0.25, -0.2) is 4.39 Å².